The summed E-state index contributed by atoms with van der Waals surface area (Å²) in [4.78, 5) is 26.8. The normalized spacial score (nSPS) is 38.6. The molecular weight excluding hydrogens is 278 g/mol. The van der Waals surface area contributed by atoms with E-state index in [1.165, 1.54) is 0 Å². The first-order chi connectivity index (χ1) is 10.5. The van der Waals surface area contributed by atoms with Crippen molar-refractivity contribution in [1.82, 2.24) is 4.90 Å². The zero-order valence-electron chi connectivity index (χ0n) is 12.8. The maximum atomic E-state index is 12.9. The summed E-state index contributed by atoms with van der Waals surface area (Å²) in [5.74, 6) is -0.666. The summed E-state index contributed by atoms with van der Waals surface area (Å²) >= 11 is 0. The van der Waals surface area contributed by atoms with E-state index in [2.05, 4.69) is 0 Å². The van der Waals surface area contributed by atoms with Gasteiger partial charge in [-0.1, -0.05) is 42.5 Å². The van der Waals surface area contributed by atoms with Gasteiger partial charge in [-0.05, 0) is 19.4 Å². The van der Waals surface area contributed by atoms with Crippen LogP contribution in [0.2, 0.25) is 0 Å². The summed E-state index contributed by atoms with van der Waals surface area (Å²) in [6.07, 6.45) is 3.97. The van der Waals surface area contributed by atoms with E-state index < -0.39 is 11.2 Å². The third-order valence-corrected chi connectivity index (χ3v) is 5.25. The van der Waals surface area contributed by atoms with Crippen molar-refractivity contribution in [2.45, 2.75) is 31.6 Å². The molecule has 1 aromatic carbocycles. The number of fused-ring (bicyclic) bond motifs is 1. The molecule has 3 aliphatic heterocycles. The average Bonchev–Trinajstić information content (AvgIpc) is 3.03. The van der Waals surface area contributed by atoms with E-state index >= 15 is 0 Å². The van der Waals surface area contributed by atoms with Gasteiger partial charge in [0.15, 0.2) is 0 Å². The number of amides is 1. The van der Waals surface area contributed by atoms with E-state index in [0.29, 0.717) is 13.1 Å². The van der Waals surface area contributed by atoms with E-state index in [-0.39, 0.29) is 23.5 Å². The van der Waals surface area contributed by atoms with Gasteiger partial charge in [0.1, 0.15) is 11.4 Å². The van der Waals surface area contributed by atoms with Crippen molar-refractivity contribution < 1.29 is 14.3 Å². The second-order valence-corrected chi connectivity index (χ2v) is 6.82. The highest BCUT2D eigenvalue weighted by Gasteiger charge is 2.70. The molecule has 0 radical (unpaired) electrons. The molecule has 4 rings (SSSR count). The van der Waals surface area contributed by atoms with Crippen LogP contribution in [0.25, 0.3) is 0 Å². The van der Waals surface area contributed by atoms with Crippen LogP contribution in [-0.2, 0) is 20.9 Å². The topological polar surface area (TPSA) is 46.6 Å². The molecule has 3 aliphatic rings. The van der Waals surface area contributed by atoms with Crippen LogP contribution in [-0.4, -0.2) is 34.3 Å². The number of hydrogen-bond acceptors (Lipinski definition) is 3. The van der Waals surface area contributed by atoms with Crippen LogP contribution in [0, 0.1) is 11.8 Å². The van der Waals surface area contributed by atoms with Gasteiger partial charge in [0.25, 0.3) is 0 Å². The Bertz CT molecular complexity index is 683. The minimum Gasteiger partial charge on any atom is -0.357 e. The number of Topliss-reactive ketones (excluding diaryl/α,β-unsaturated/α-hetero) is 1. The van der Waals surface area contributed by atoms with Gasteiger partial charge in [0, 0.05) is 6.54 Å². The van der Waals surface area contributed by atoms with Crippen molar-refractivity contribution in [3.05, 3.63) is 48.0 Å². The van der Waals surface area contributed by atoms with Gasteiger partial charge in [0.05, 0.1) is 24.0 Å². The summed E-state index contributed by atoms with van der Waals surface area (Å²) in [7, 11) is 0. The lowest BCUT2D eigenvalue weighted by Crippen LogP contribution is -2.42. The number of ketones is 1. The number of carbonyl (C=O) groups excluding carboxylic acids is 2. The lowest BCUT2D eigenvalue weighted by molar-refractivity contribution is -0.137. The molecule has 4 nitrogen and oxygen atoms in total. The molecule has 3 heterocycles. The molecule has 4 heteroatoms. The monoisotopic (exact) mass is 297 g/mol. The minimum absolute atomic E-state index is 0.0358. The number of nitrogens with zero attached hydrogens (tertiary/aromatic N) is 1. The van der Waals surface area contributed by atoms with Crippen LogP contribution in [0.15, 0.2) is 42.5 Å². The Hall–Kier alpha value is -1.94. The first-order valence-corrected chi connectivity index (χ1v) is 7.69. The van der Waals surface area contributed by atoms with E-state index in [9.17, 15) is 9.59 Å². The molecule has 114 valence electrons. The fraction of sp³-hybridized carbons (Fsp3) is 0.444. The third-order valence-electron chi connectivity index (χ3n) is 5.25. The smallest absolute Gasteiger partial charge is 0.230 e. The molecule has 0 aliphatic carbocycles. The first-order valence-electron chi connectivity index (χ1n) is 7.69. The Morgan fingerprint density at radius 2 is 2.05 bits per heavy atom. The Balaban J connectivity index is 1.66. The zero-order valence-corrected chi connectivity index (χ0v) is 12.8. The number of likely N-dealkylation sites (tertiary alicyclic amines) is 1. The summed E-state index contributed by atoms with van der Waals surface area (Å²) in [6.45, 7) is 4.57. The van der Waals surface area contributed by atoms with Gasteiger partial charge in [-0.25, -0.2) is 0 Å². The average molecular weight is 297 g/mol. The maximum Gasteiger partial charge on any atom is 0.230 e. The number of rotatable bonds is 3. The predicted octanol–water partition coefficient (Wildman–Crippen LogP) is 1.95. The van der Waals surface area contributed by atoms with Crippen LogP contribution in [0.4, 0.5) is 0 Å². The molecule has 0 N–H and O–H groups in total. The van der Waals surface area contributed by atoms with Crippen LogP contribution < -0.4 is 0 Å². The third kappa shape index (κ3) is 1.67. The summed E-state index contributed by atoms with van der Waals surface area (Å²) < 4.78 is 6.19. The highest BCUT2D eigenvalue weighted by atomic mass is 16.5. The van der Waals surface area contributed by atoms with E-state index in [1.54, 1.807) is 6.92 Å². The molecule has 0 unspecified atom stereocenters. The van der Waals surface area contributed by atoms with E-state index in [4.69, 9.17) is 4.74 Å². The first kappa shape index (κ1) is 13.7. The summed E-state index contributed by atoms with van der Waals surface area (Å²) in [5, 5.41) is 0. The number of ether oxygens (including phenoxy) is 1. The van der Waals surface area contributed by atoms with Gasteiger partial charge in [-0.15, -0.1) is 0 Å². The molecule has 1 spiro atoms. The van der Waals surface area contributed by atoms with Crippen molar-refractivity contribution in [2.24, 2.45) is 11.8 Å². The maximum absolute atomic E-state index is 12.9. The van der Waals surface area contributed by atoms with Gasteiger partial charge in [-0.3, -0.25) is 9.59 Å². The summed E-state index contributed by atoms with van der Waals surface area (Å²) in [6, 6.07) is 9.92. The standard InChI is InChI=1S/C18H19NO3/c1-12(20)14-15-16(21)19(10-13-6-4-3-5-7-13)11-18(15)9-8-17(14,2)22-18/h3-9,14-15H,10-11H2,1-2H3/t14-,15+,17+,18+/m1/s1. The highest BCUT2D eigenvalue weighted by Crippen LogP contribution is 2.57. The second kappa shape index (κ2) is 4.29. The quantitative estimate of drug-likeness (QED) is 0.801. The zero-order chi connectivity index (χ0) is 15.5. The predicted molar refractivity (Wildman–Crippen MR) is 80.9 cm³/mol. The largest absolute Gasteiger partial charge is 0.357 e. The lowest BCUT2D eigenvalue weighted by Gasteiger charge is -2.28. The Morgan fingerprint density at radius 3 is 2.73 bits per heavy atom. The van der Waals surface area contributed by atoms with Crippen LogP contribution in [0.5, 0.6) is 0 Å². The molecule has 22 heavy (non-hydrogen) atoms. The molecule has 1 amide bonds. The van der Waals surface area contributed by atoms with Gasteiger partial charge in [-0.2, -0.15) is 0 Å². The SMILES string of the molecule is CC(=O)[C@@H]1[C@H]2C(=O)N(Cc3ccccc3)C[C@@]23C=C[C@]1(C)O3. The number of benzene rings is 1. The van der Waals surface area contributed by atoms with Crippen molar-refractivity contribution in [3.63, 3.8) is 0 Å². The minimum atomic E-state index is -0.620. The van der Waals surface area contributed by atoms with E-state index in [0.717, 1.165) is 5.56 Å². The molecule has 4 atom stereocenters. The Morgan fingerprint density at radius 1 is 1.32 bits per heavy atom. The fourth-order valence-electron chi connectivity index (χ4n) is 4.42. The molecule has 0 aromatic heterocycles. The van der Waals surface area contributed by atoms with Crippen LogP contribution in [0.3, 0.4) is 0 Å². The molecule has 1 aromatic rings. The van der Waals surface area contributed by atoms with Crippen molar-refractivity contribution in [2.75, 3.05) is 6.54 Å². The molecule has 2 saturated heterocycles. The molecule has 0 saturated carbocycles. The molecule has 2 fully saturated rings. The molecular formula is C18H19NO3. The van der Waals surface area contributed by atoms with E-state index in [1.807, 2.05) is 54.3 Å². The summed E-state index contributed by atoms with van der Waals surface area (Å²) in [5.41, 5.74) is -0.140. The van der Waals surface area contributed by atoms with Gasteiger partial charge in [0.2, 0.25) is 5.91 Å². The van der Waals surface area contributed by atoms with Gasteiger partial charge < -0.3 is 9.64 Å². The van der Waals surface area contributed by atoms with Crippen LogP contribution in [0.1, 0.15) is 19.4 Å². The number of hydrogen-bond donors (Lipinski definition) is 0. The van der Waals surface area contributed by atoms with Crippen LogP contribution >= 0.6 is 0 Å². The fourth-order valence-corrected chi connectivity index (χ4v) is 4.42. The molecule has 2 bridgehead atoms. The highest BCUT2D eigenvalue weighted by molar-refractivity contribution is 5.93. The lowest BCUT2D eigenvalue weighted by atomic mass is 9.71. The Kier molecular flexibility index (Phi) is 2.67. The number of carbonyl (C=O) groups is 2. The van der Waals surface area contributed by atoms with Crippen molar-refractivity contribution in [3.8, 4) is 0 Å². The van der Waals surface area contributed by atoms with Crippen molar-refractivity contribution >= 4 is 11.7 Å². The Labute approximate surface area is 129 Å². The second-order valence-electron chi connectivity index (χ2n) is 6.82. The van der Waals surface area contributed by atoms with Crippen molar-refractivity contribution in [1.29, 1.82) is 0 Å². The van der Waals surface area contributed by atoms with Gasteiger partial charge >= 0.3 is 0 Å².